The lowest BCUT2D eigenvalue weighted by Gasteiger charge is -2.04. The van der Waals surface area contributed by atoms with E-state index < -0.39 is 16.1 Å². The second kappa shape index (κ2) is 11.3. The van der Waals surface area contributed by atoms with Crippen LogP contribution in [0.5, 0.6) is 0 Å². The number of hydrogen-bond acceptors (Lipinski definition) is 4. The first-order valence-electron chi connectivity index (χ1n) is 7.13. The van der Waals surface area contributed by atoms with Crippen LogP contribution in [0.3, 0.4) is 0 Å². The Kier molecular flexibility index (Phi) is 10.5. The van der Waals surface area contributed by atoms with Crippen LogP contribution in [0.15, 0.2) is 35.2 Å². The molecule has 21 heavy (non-hydrogen) atoms. The first kappa shape index (κ1) is 19.6. The van der Waals surface area contributed by atoms with Gasteiger partial charge in [-0.2, -0.15) is 0 Å². The van der Waals surface area contributed by atoms with Crippen molar-refractivity contribution in [3.63, 3.8) is 0 Å². The van der Waals surface area contributed by atoms with Crippen LogP contribution in [0.2, 0.25) is 0 Å². The maximum atomic E-state index is 10.3. The highest BCUT2D eigenvalue weighted by Crippen LogP contribution is 2.06. The molecule has 0 spiro atoms. The molecular weight excluding hydrogens is 292 g/mol. The molecule has 120 valence electrons. The first-order chi connectivity index (χ1) is 9.88. The summed E-state index contributed by atoms with van der Waals surface area (Å²) in [5, 5.41) is 6.66. The Labute approximate surface area is 126 Å². The third-order valence-electron chi connectivity index (χ3n) is 2.79. The number of rotatable bonds is 8. The van der Waals surface area contributed by atoms with E-state index in [-0.39, 0.29) is 4.90 Å². The van der Waals surface area contributed by atoms with Crippen LogP contribution < -0.4 is 0 Å². The van der Waals surface area contributed by atoms with Gasteiger partial charge in [0, 0.05) is 4.79 Å². The largest absolute Gasteiger partial charge is 0.744 e. The summed E-state index contributed by atoms with van der Waals surface area (Å²) in [5.41, 5.74) is 0. The van der Waals surface area contributed by atoms with E-state index in [9.17, 15) is 17.8 Å². The average Bonchev–Trinajstić information content (AvgIpc) is 2.43. The number of unbranched alkanes of at least 4 members (excludes halogenated alkanes) is 5. The lowest BCUT2D eigenvalue weighted by molar-refractivity contribution is -0.137. The fraction of sp³-hybridized carbons (Fsp3) is 0.533. The van der Waals surface area contributed by atoms with Crippen LogP contribution in [0.1, 0.15) is 51.9 Å². The molecular formula is C15H24O5S. The molecule has 0 saturated heterocycles. The van der Waals surface area contributed by atoms with Gasteiger partial charge in [0.05, 0.1) is 4.90 Å². The topological polar surface area (TPSA) is 97.2 Å². The van der Waals surface area contributed by atoms with Crippen LogP contribution in [-0.2, 0) is 14.9 Å². The summed E-state index contributed by atoms with van der Waals surface area (Å²) in [5.74, 6) is -0.416. The molecule has 5 nitrogen and oxygen atoms in total. The Hall–Kier alpha value is -1.40. The SMILES string of the molecule is CCCCCCCCC(=O)[OH2+].O=S(=O)([O-])c1ccccc1. The highest BCUT2D eigenvalue weighted by atomic mass is 32.2. The second-order valence-electron chi connectivity index (χ2n) is 4.71. The molecule has 0 unspecified atom stereocenters. The molecule has 0 aliphatic heterocycles. The Morgan fingerprint density at radius 1 is 1.05 bits per heavy atom. The highest BCUT2D eigenvalue weighted by molar-refractivity contribution is 7.85. The van der Waals surface area contributed by atoms with Crippen molar-refractivity contribution in [2.45, 2.75) is 56.8 Å². The quantitative estimate of drug-likeness (QED) is 0.418. The molecule has 2 N–H and O–H groups in total. The van der Waals surface area contributed by atoms with Gasteiger partial charge in [0.15, 0.2) is 0 Å². The number of carbonyl (C=O) groups excluding carboxylic acids is 1. The van der Waals surface area contributed by atoms with Crippen molar-refractivity contribution >= 4 is 16.1 Å². The van der Waals surface area contributed by atoms with E-state index >= 15 is 0 Å². The van der Waals surface area contributed by atoms with Gasteiger partial charge < -0.3 is 9.66 Å². The molecule has 1 aromatic rings. The van der Waals surface area contributed by atoms with Crippen LogP contribution >= 0.6 is 0 Å². The summed E-state index contributed by atoms with van der Waals surface area (Å²) in [7, 11) is -4.25. The normalized spacial score (nSPS) is 10.6. The van der Waals surface area contributed by atoms with E-state index in [4.69, 9.17) is 5.11 Å². The van der Waals surface area contributed by atoms with Crippen molar-refractivity contribution in [3.8, 4) is 0 Å². The minimum absolute atomic E-state index is 0.185. The Balaban J connectivity index is 0.000000382. The van der Waals surface area contributed by atoms with Crippen LogP contribution in [0.25, 0.3) is 0 Å². The smallest absolute Gasteiger partial charge is 0.515 e. The molecule has 0 radical (unpaired) electrons. The third-order valence-corrected chi connectivity index (χ3v) is 3.64. The van der Waals surface area contributed by atoms with Crippen LogP contribution in [0, 0.1) is 0 Å². The van der Waals surface area contributed by atoms with Crippen molar-refractivity contribution in [1.29, 1.82) is 0 Å². The maximum Gasteiger partial charge on any atom is 0.515 e. The molecule has 0 saturated carbocycles. The Morgan fingerprint density at radius 2 is 1.57 bits per heavy atom. The first-order valence-corrected chi connectivity index (χ1v) is 8.54. The van der Waals surface area contributed by atoms with Crippen LogP contribution in [-0.4, -0.2) is 24.0 Å². The zero-order chi connectivity index (χ0) is 16.1. The summed E-state index contributed by atoms with van der Waals surface area (Å²) in [6, 6.07) is 7.19. The summed E-state index contributed by atoms with van der Waals surface area (Å²) in [4.78, 5) is 10.0. The van der Waals surface area contributed by atoms with Crippen LogP contribution in [0.4, 0.5) is 0 Å². The Bertz CT molecular complexity index is 482. The monoisotopic (exact) mass is 316 g/mol. The summed E-state index contributed by atoms with van der Waals surface area (Å²) in [6.07, 6.45) is 7.54. The molecule has 0 atom stereocenters. The highest BCUT2D eigenvalue weighted by Gasteiger charge is 2.03. The van der Waals surface area contributed by atoms with Gasteiger partial charge in [-0.3, -0.25) is 0 Å². The van der Waals surface area contributed by atoms with E-state index in [1.165, 1.54) is 49.9 Å². The predicted octanol–water partition coefficient (Wildman–Crippen LogP) is 2.58. The standard InChI is InChI=1S/C9H18O2.C6H6O3S/c1-2-3-4-5-6-7-8-9(10)11;7-10(8,9)6-4-2-1-3-5-6/h2-8H2,1H3,(H,10,11);1-5H,(H,7,8,9). The van der Waals surface area contributed by atoms with Crippen molar-refractivity contribution in [3.05, 3.63) is 30.3 Å². The molecule has 6 heteroatoms. The maximum absolute atomic E-state index is 10.3. The molecule has 0 aliphatic carbocycles. The second-order valence-corrected chi connectivity index (χ2v) is 6.09. The van der Waals surface area contributed by atoms with E-state index in [0.717, 1.165) is 12.8 Å². The van der Waals surface area contributed by atoms with Gasteiger partial charge in [-0.25, -0.2) is 8.42 Å². The molecule has 0 aliphatic rings. The van der Waals surface area contributed by atoms with E-state index in [0.29, 0.717) is 6.42 Å². The van der Waals surface area contributed by atoms with E-state index in [1.807, 2.05) is 0 Å². The zero-order valence-electron chi connectivity index (χ0n) is 12.4. The van der Waals surface area contributed by atoms with Gasteiger partial charge in [-0.05, 0) is 18.6 Å². The number of benzene rings is 1. The van der Waals surface area contributed by atoms with Gasteiger partial charge >= 0.3 is 5.97 Å². The fourth-order valence-electron chi connectivity index (χ4n) is 1.65. The lowest BCUT2D eigenvalue weighted by Crippen LogP contribution is -1.96. The van der Waals surface area contributed by atoms with Gasteiger partial charge in [0.1, 0.15) is 16.5 Å². The van der Waals surface area contributed by atoms with Crippen molar-refractivity contribution in [2.75, 3.05) is 0 Å². The molecule has 1 aromatic carbocycles. The molecule has 0 fully saturated rings. The number of carbonyl (C=O) groups is 1. The molecule has 0 bridgehead atoms. The van der Waals surface area contributed by atoms with Crippen molar-refractivity contribution in [2.24, 2.45) is 0 Å². The van der Waals surface area contributed by atoms with Crippen molar-refractivity contribution in [1.82, 2.24) is 0 Å². The van der Waals surface area contributed by atoms with E-state index in [1.54, 1.807) is 6.07 Å². The summed E-state index contributed by atoms with van der Waals surface area (Å²) >= 11 is 0. The molecule has 0 aromatic heterocycles. The molecule has 1 rings (SSSR count). The zero-order valence-corrected chi connectivity index (χ0v) is 13.2. The average molecular weight is 316 g/mol. The lowest BCUT2D eigenvalue weighted by atomic mass is 10.1. The minimum Gasteiger partial charge on any atom is -0.744 e. The van der Waals surface area contributed by atoms with Gasteiger partial charge in [0.2, 0.25) is 0 Å². The molecule has 0 heterocycles. The summed E-state index contributed by atoms with van der Waals surface area (Å²) in [6.45, 7) is 2.19. The third kappa shape index (κ3) is 12.1. The Morgan fingerprint density at radius 3 is 2.00 bits per heavy atom. The van der Waals surface area contributed by atoms with Gasteiger partial charge in [-0.1, -0.05) is 57.2 Å². The summed E-state index contributed by atoms with van der Waals surface area (Å²) < 4.78 is 30.8. The van der Waals surface area contributed by atoms with Crippen molar-refractivity contribution < 1.29 is 22.9 Å². The van der Waals surface area contributed by atoms with Gasteiger partial charge in [-0.15, -0.1) is 0 Å². The minimum atomic E-state index is -4.25. The fourth-order valence-corrected chi connectivity index (χ4v) is 2.14. The predicted molar refractivity (Wildman–Crippen MR) is 81.0 cm³/mol. The molecule has 0 amide bonds. The van der Waals surface area contributed by atoms with E-state index in [2.05, 4.69) is 6.92 Å². The number of hydrogen-bond donors (Lipinski definition) is 0. The van der Waals surface area contributed by atoms with Gasteiger partial charge in [0.25, 0.3) is 0 Å².